The van der Waals surface area contributed by atoms with Gasteiger partial charge in [-0.05, 0) is 76.1 Å². The van der Waals surface area contributed by atoms with Gasteiger partial charge in [-0.1, -0.05) is 11.6 Å². The summed E-state index contributed by atoms with van der Waals surface area (Å²) in [6.45, 7) is 5.81. The van der Waals surface area contributed by atoms with Gasteiger partial charge in [-0.25, -0.2) is 4.79 Å². The number of carbonyl (C=O) groups is 2. The summed E-state index contributed by atoms with van der Waals surface area (Å²) < 4.78 is 49.7. The molecule has 0 amide bonds. The molecule has 4 nitrogen and oxygen atoms in total. The van der Waals surface area contributed by atoms with Crippen molar-refractivity contribution in [3.63, 3.8) is 0 Å². The summed E-state index contributed by atoms with van der Waals surface area (Å²) in [5, 5.41) is -0.352. The Bertz CT molecular complexity index is 969. The Morgan fingerprint density at radius 3 is 2.16 bits per heavy atom. The lowest BCUT2D eigenvalue weighted by molar-refractivity contribution is -0.163. The monoisotopic (exact) mass is 365 g/mol. The van der Waals surface area contributed by atoms with Crippen molar-refractivity contribution in [2.45, 2.75) is 39.4 Å². The maximum absolute atomic E-state index is 12.8. The third kappa shape index (κ3) is 5.07. The van der Waals surface area contributed by atoms with Gasteiger partial charge >= 0.3 is 5.97 Å². The number of ether oxygens (including phenoxy) is 2. The third-order valence-electron chi connectivity index (χ3n) is 3.10. The van der Waals surface area contributed by atoms with E-state index in [1.54, 1.807) is 0 Å². The molecule has 0 saturated carbocycles. The average Bonchev–Trinajstić information content (AvgIpc) is 2.63. The van der Waals surface area contributed by atoms with Gasteiger partial charge in [0.15, 0.2) is 11.4 Å². The topological polar surface area (TPSA) is 52.6 Å². The molecule has 2 rings (SSSR count). The molecule has 25 heavy (non-hydrogen) atoms. The Hall–Kier alpha value is -2.33. The van der Waals surface area contributed by atoms with E-state index >= 15 is 0 Å². The molecule has 5 heteroatoms. The molecule has 0 bridgehead atoms. The van der Waals surface area contributed by atoms with Crippen molar-refractivity contribution in [2.75, 3.05) is 0 Å². The van der Waals surface area contributed by atoms with Crippen LogP contribution < -0.4 is 4.74 Å². The van der Waals surface area contributed by atoms with E-state index in [0.29, 0.717) is 0 Å². The molecule has 2 aromatic rings. The molecule has 0 N–H and O–H groups in total. The number of esters is 1. The Balaban J connectivity index is 2.29. The first-order chi connectivity index (χ1) is 13.7. The van der Waals surface area contributed by atoms with Crippen molar-refractivity contribution >= 4 is 23.4 Å². The average molecular weight is 366 g/mol. The molecule has 0 aliphatic heterocycles. The summed E-state index contributed by atoms with van der Waals surface area (Å²) in [6, 6.07) is 3.61. The highest BCUT2D eigenvalue weighted by Gasteiger charge is 2.32. The van der Waals surface area contributed by atoms with Crippen molar-refractivity contribution in [3.8, 4) is 5.75 Å². The van der Waals surface area contributed by atoms with Crippen LogP contribution in [0.1, 0.15) is 50.5 Å². The Kier molecular flexibility index (Phi) is 3.99. The van der Waals surface area contributed by atoms with Gasteiger partial charge in [0.2, 0.25) is 0 Å². The van der Waals surface area contributed by atoms with Gasteiger partial charge in [0, 0.05) is 16.1 Å². The van der Waals surface area contributed by atoms with E-state index in [1.807, 2.05) is 0 Å². The molecule has 0 fully saturated rings. The Morgan fingerprint density at radius 1 is 1.08 bits per heavy atom. The van der Waals surface area contributed by atoms with Gasteiger partial charge in [0.1, 0.15) is 5.75 Å². The van der Waals surface area contributed by atoms with Gasteiger partial charge < -0.3 is 9.47 Å². The van der Waals surface area contributed by atoms with Gasteiger partial charge in [0.05, 0.1) is 12.9 Å². The van der Waals surface area contributed by atoms with E-state index in [2.05, 4.69) is 0 Å². The molecule has 132 valence electrons. The fourth-order valence-corrected chi connectivity index (χ4v) is 1.97. The van der Waals surface area contributed by atoms with E-state index in [1.165, 1.54) is 52.0 Å². The van der Waals surface area contributed by atoms with Crippen molar-refractivity contribution < 1.29 is 25.9 Å². The minimum absolute atomic E-state index is 0.109. The maximum Gasteiger partial charge on any atom is 0.350 e. The predicted molar refractivity (Wildman–Crippen MR) is 97.3 cm³/mol. The molecular weight excluding hydrogens is 340 g/mol. The van der Waals surface area contributed by atoms with Crippen LogP contribution in [0.15, 0.2) is 48.4 Å². The molecule has 0 aromatic heterocycles. The normalized spacial score (nSPS) is 14.5. The van der Waals surface area contributed by atoms with E-state index in [9.17, 15) is 9.59 Å². The number of ketones is 1. The van der Waals surface area contributed by atoms with Crippen LogP contribution in [0.2, 0.25) is 5.02 Å². The first kappa shape index (κ1) is 13.0. The molecule has 0 unspecified atom stereocenters. The number of halogens is 1. The maximum atomic E-state index is 12.8. The van der Waals surface area contributed by atoms with Crippen LogP contribution in [0.25, 0.3) is 0 Å². The zero-order valence-corrected chi connectivity index (χ0v) is 15.1. The van der Waals surface area contributed by atoms with Gasteiger partial charge in [-0.15, -0.1) is 0 Å². The van der Waals surface area contributed by atoms with Crippen molar-refractivity contribution in [1.82, 2.24) is 0 Å². The molecule has 2 aromatic carbocycles. The molecule has 0 aliphatic carbocycles. The quantitative estimate of drug-likeness (QED) is 0.551. The van der Waals surface area contributed by atoms with Crippen molar-refractivity contribution in [3.05, 3.63) is 64.6 Å². The fraction of sp³-hybridized carbons (Fsp3) is 0.300. The molecule has 0 spiro atoms. The van der Waals surface area contributed by atoms with Crippen LogP contribution >= 0.6 is 11.6 Å². The summed E-state index contributed by atoms with van der Waals surface area (Å²) in [5.41, 5.74) is -1.66. The van der Waals surface area contributed by atoms with E-state index in [4.69, 9.17) is 27.9 Å². The highest BCUT2D eigenvalue weighted by atomic mass is 35.5. The number of benzene rings is 2. The van der Waals surface area contributed by atoms with Crippen molar-refractivity contribution in [1.29, 1.82) is 0 Å². The number of hydrogen-bond acceptors (Lipinski definition) is 4. The SMILES string of the molecule is [2H]c1c([2H])c(C(=O)c2ccc(OC(C)(C)C(=O)OC([2H])(C)C)cc2)c([2H])c([2H])c1Cl. The van der Waals surface area contributed by atoms with Crippen LogP contribution in [0.3, 0.4) is 0 Å². The second-order valence-corrected chi connectivity index (χ2v) is 6.33. The van der Waals surface area contributed by atoms with Crippen LogP contribution in [0.4, 0.5) is 0 Å². The first-order valence-electron chi connectivity index (χ1n) is 9.99. The zero-order chi connectivity index (χ0) is 23.0. The summed E-state index contributed by atoms with van der Waals surface area (Å²) in [7, 11) is 0. The fourth-order valence-electron chi connectivity index (χ4n) is 1.87. The van der Waals surface area contributed by atoms with Crippen LogP contribution in [-0.4, -0.2) is 23.4 Å². The minimum atomic E-state index is -1.41. The van der Waals surface area contributed by atoms with Crippen LogP contribution in [0.5, 0.6) is 5.75 Å². The van der Waals surface area contributed by atoms with E-state index < -0.39 is 47.6 Å². The lowest BCUT2D eigenvalue weighted by atomic mass is 10.0. The van der Waals surface area contributed by atoms with E-state index in [0.717, 1.165) is 0 Å². The zero-order valence-electron chi connectivity index (χ0n) is 19.3. The van der Waals surface area contributed by atoms with Gasteiger partial charge in [-0.2, -0.15) is 0 Å². The molecule has 0 aliphatic rings. The summed E-state index contributed by atoms with van der Waals surface area (Å²) >= 11 is 5.77. The molecule has 0 saturated heterocycles. The summed E-state index contributed by atoms with van der Waals surface area (Å²) in [5.74, 6) is -1.18. The molecule has 0 atom stereocenters. The number of rotatable bonds is 6. The lowest BCUT2D eigenvalue weighted by Crippen LogP contribution is -2.40. The first-order valence-corrected chi connectivity index (χ1v) is 7.86. The van der Waals surface area contributed by atoms with Crippen LogP contribution in [0, 0.1) is 0 Å². The highest BCUT2D eigenvalue weighted by Crippen LogP contribution is 2.22. The third-order valence-corrected chi connectivity index (χ3v) is 3.29. The van der Waals surface area contributed by atoms with Crippen LogP contribution in [-0.2, 0) is 9.53 Å². The Labute approximate surface area is 159 Å². The second-order valence-electron chi connectivity index (χ2n) is 5.95. The largest absolute Gasteiger partial charge is 0.476 e. The lowest BCUT2D eigenvalue weighted by Gasteiger charge is -2.25. The van der Waals surface area contributed by atoms with Gasteiger partial charge in [-0.3, -0.25) is 4.79 Å². The smallest absolute Gasteiger partial charge is 0.350 e. The Morgan fingerprint density at radius 2 is 1.64 bits per heavy atom. The molecular formula is C20H21ClO4. The van der Waals surface area contributed by atoms with Gasteiger partial charge in [0.25, 0.3) is 0 Å². The second kappa shape index (κ2) is 7.70. The minimum Gasteiger partial charge on any atom is -0.476 e. The van der Waals surface area contributed by atoms with E-state index in [-0.39, 0.29) is 21.9 Å². The number of carbonyl (C=O) groups excluding carboxylic acids is 2. The van der Waals surface area contributed by atoms with Crippen molar-refractivity contribution in [2.24, 2.45) is 0 Å². The summed E-state index contributed by atoms with van der Waals surface area (Å²) in [6.07, 6.45) is -1.41. The predicted octanol–water partition coefficient (Wildman–Crippen LogP) is 4.68. The highest BCUT2D eigenvalue weighted by molar-refractivity contribution is 6.30. The molecule has 0 radical (unpaired) electrons. The summed E-state index contributed by atoms with van der Waals surface area (Å²) in [4.78, 5) is 25.0. The number of hydrogen-bond donors (Lipinski definition) is 0. The molecule has 0 heterocycles. The standard InChI is InChI=1S/C20H21ClO4/c1-13(2)24-19(23)20(3,4)25-17-11-7-15(8-12-17)18(22)14-5-9-16(21)10-6-14/h5-13H,1-4H3/i5D,6D,9D,10D,13D.